The molecule has 24 heavy (non-hydrogen) atoms. The van der Waals surface area contributed by atoms with Crippen molar-refractivity contribution in [1.29, 1.82) is 0 Å². The molecule has 0 aliphatic carbocycles. The molecule has 3 aromatic rings. The lowest BCUT2D eigenvalue weighted by atomic mass is 9.88. The van der Waals surface area contributed by atoms with Crippen molar-refractivity contribution in [1.82, 2.24) is 4.98 Å². The minimum atomic E-state index is -0.117. The Hall–Kier alpha value is -2.65. The average Bonchev–Trinajstić information content (AvgIpc) is 2.63. The second kappa shape index (κ2) is 7.75. The first-order valence-electron chi connectivity index (χ1n) is 7.74. The van der Waals surface area contributed by atoms with E-state index >= 15 is 0 Å². The highest BCUT2D eigenvalue weighted by molar-refractivity contribution is 6.33. The fraction of sp³-hybridized carbons (Fsp3) is 0.100. The molecular formula is C20H17ClN2O. The van der Waals surface area contributed by atoms with Gasteiger partial charge in [0.1, 0.15) is 0 Å². The van der Waals surface area contributed by atoms with Gasteiger partial charge < -0.3 is 5.32 Å². The number of hydrogen-bond donors (Lipinski definition) is 1. The predicted molar refractivity (Wildman–Crippen MR) is 97.2 cm³/mol. The van der Waals surface area contributed by atoms with Crippen molar-refractivity contribution in [3.05, 3.63) is 95.1 Å². The zero-order chi connectivity index (χ0) is 16.8. The van der Waals surface area contributed by atoms with Gasteiger partial charge in [-0.15, -0.1) is 0 Å². The monoisotopic (exact) mass is 336 g/mol. The van der Waals surface area contributed by atoms with E-state index in [0.717, 1.165) is 11.1 Å². The number of halogens is 1. The highest BCUT2D eigenvalue weighted by Gasteiger charge is 2.18. The second-order valence-electron chi connectivity index (χ2n) is 5.46. The van der Waals surface area contributed by atoms with Gasteiger partial charge in [-0.3, -0.25) is 4.79 Å². The van der Waals surface area contributed by atoms with E-state index in [4.69, 9.17) is 11.6 Å². The predicted octanol–water partition coefficient (Wildman–Crippen LogP) is 4.90. The molecule has 0 bridgehead atoms. The van der Waals surface area contributed by atoms with E-state index in [0.29, 0.717) is 17.3 Å². The second-order valence-corrected chi connectivity index (χ2v) is 5.87. The molecule has 120 valence electrons. The normalized spacial score (nSPS) is 10.6. The van der Waals surface area contributed by atoms with Crippen molar-refractivity contribution in [2.75, 3.05) is 5.32 Å². The van der Waals surface area contributed by atoms with Crippen LogP contribution in [0.4, 0.5) is 5.82 Å². The zero-order valence-electron chi connectivity index (χ0n) is 13.0. The SMILES string of the molecule is O=C(CC(c1ccccc1)c1ccccc1)Nc1ncccc1Cl. The van der Waals surface area contributed by atoms with Gasteiger partial charge in [0.15, 0.2) is 5.82 Å². The Bertz CT molecular complexity index is 767. The molecule has 0 saturated heterocycles. The van der Waals surface area contributed by atoms with Crippen molar-refractivity contribution < 1.29 is 4.79 Å². The van der Waals surface area contributed by atoms with Gasteiger partial charge in [-0.25, -0.2) is 4.98 Å². The quantitative estimate of drug-likeness (QED) is 0.720. The lowest BCUT2D eigenvalue weighted by Crippen LogP contribution is -2.17. The van der Waals surface area contributed by atoms with Gasteiger partial charge in [-0.05, 0) is 23.3 Å². The number of anilines is 1. The molecule has 4 heteroatoms. The molecule has 0 unspecified atom stereocenters. The van der Waals surface area contributed by atoms with Crippen molar-refractivity contribution in [3.63, 3.8) is 0 Å². The van der Waals surface area contributed by atoms with E-state index < -0.39 is 0 Å². The number of carbonyl (C=O) groups excluding carboxylic acids is 1. The first-order chi connectivity index (χ1) is 11.7. The Labute approximate surface area is 146 Å². The first-order valence-corrected chi connectivity index (χ1v) is 8.12. The van der Waals surface area contributed by atoms with Crippen molar-refractivity contribution in [2.24, 2.45) is 0 Å². The lowest BCUT2D eigenvalue weighted by Gasteiger charge is -2.18. The molecule has 0 spiro atoms. The van der Waals surface area contributed by atoms with Crippen LogP contribution >= 0.6 is 11.6 Å². The van der Waals surface area contributed by atoms with Crippen LogP contribution < -0.4 is 5.32 Å². The molecule has 0 radical (unpaired) electrons. The van der Waals surface area contributed by atoms with Crippen LogP contribution in [0.3, 0.4) is 0 Å². The van der Waals surface area contributed by atoms with Gasteiger partial charge in [0.05, 0.1) is 5.02 Å². The largest absolute Gasteiger partial charge is 0.309 e. The van der Waals surface area contributed by atoms with Crippen LogP contribution in [0, 0.1) is 0 Å². The summed E-state index contributed by atoms with van der Waals surface area (Å²) < 4.78 is 0. The molecule has 1 amide bonds. The molecule has 2 aromatic carbocycles. The number of hydrogen-bond acceptors (Lipinski definition) is 2. The molecule has 0 aliphatic rings. The third kappa shape index (κ3) is 4.00. The molecule has 0 saturated carbocycles. The Kier molecular flexibility index (Phi) is 5.24. The van der Waals surface area contributed by atoms with E-state index in [1.54, 1.807) is 18.3 Å². The topological polar surface area (TPSA) is 42.0 Å². The summed E-state index contributed by atoms with van der Waals surface area (Å²) in [5.74, 6) is 0.257. The van der Waals surface area contributed by atoms with Crippen molar-refractivity contribution in [3.8, 4) is 0 Å². The van der Waals surface area contributed by atoms with Gasteiger partial charge in [-0.2, -0.15) is 0 Å². The number of nitrogens with zero attached hydrogens (tertiary/aromatic N) is 1. The van der Waals surface area contributed by atoms with E-state index in [9.17, 15) is 4.79 Å². The number of rotatable bonds is 5. The first kappa shape index (κ1) is 16.2. The number of aromatic nitrogens is 1. The van der Waals surface area contributed by atoms with Gasteiger partial charge in [0.25, 0.3) is 0 Å². The maximum atomic E-state index is 12.5. The lowest BCUT2D eigenvalue weighted by molar-refractivity contribution is -0.116. The molecule has 1 heterocycles. The van der Waals surface area contributed by atoms with E-state index in [-0.39, 0.29) is 11.8 Å². The van der Waals surface area contributed by atoms with Gasteiger partial charge in [0, 0.05) is 18.5 Å². The third-order valence-electron chi connectivity index (χ3n) is 3.81. The Morgan fingerprint density at radius 2 is 1.50 bits per heavy atom. The van der Waals surface area contributed by atoms with Crippen LogP contribution in [-0.4, -0.2) is 10.9 Å². The molecule has 0 fully saturated rings. The number of benzene rings is 2. The number of carbonyl (C=O) groups is 1. The molecular weight excluding hydrogens is 320 g/mol. The number of nitrogens with one attached hydrogen (secondary N) is 1. The van der Waals surface area contributed by atoms with Crippen LogP contribution in [0.1, 0.15) is 23.5 Å². The Morgan fingerprint density at radius 1 is 0.917 bits per heavy atom. The maximum absolute atomic E-state index is 12.5. The van der Waals surface area contributed by atoms with Crippen molar-refractivity contribution in [2.45, 2.75) is 12.3 Å². The Morgan fingerprint density at radius 3 is 2.04 bits per heavy atom. The van der Waals surface area contributed by atoms with Crippen LogP contribution in [0.25, 0.3) is 0 Å². The number of amides is 1. The summed E-state index contributed by atoms with van der Waals surface area (Å²) in [7, 11) is 0. The fourth-order valence-electron chi connectivity index (χ4n) is 2.64. The minimum absolute atomic E-state index is 0.0186. The van der Waals surface area contributed by atoms with Crippen LogP contribution in [0.15, 0.2) is 79.0 Å². The maximum Gasteiger partial charge on any atom is 0.226 e. The zero-order valence-corrected chi connectivity index (χ0v) is 13.8. The van der Waals surface area contributed by atoms with Gasteiger partial charge in [-0.1, -0.05) is 72.3 Å². The van der Waals surface area contributed by atoms with Crippen molar-refractivity contribution >= 4 is 23.3 Å². The van der Waals surface area contributed by atoms with Gasteiger partial charge >= 0.3 is 0 Å². The van der Waals surface area contributed by atoms with E-state index in [2.05, 4.69) is 10.3 Å². The molecule has 0 aliphatic heterocycles. The summed E-state index contributed by atoms with van der Waals surface area (Å²) in [6.07, 6.45) is 1.92. The summed E-state index contributed by atoms with van der Waals surface area (Å²) in [5.41, 5.74) is 2.21. The standard InChI is InChI=1S/C20H17ClN2O/c21-18-12-7-13-22-20(18)23-19(24)14-17(15-8-3-1-4-9-15)16-10-5-2-6-11-16/h1-13,17H,14H2,(H,22,23,24). The molecule has 1 N–H and O–H groups in total. The fourth-order valence-corrected chi connectivity index (χ4v) is 2.81. The molecule has 0 atom stereocenters. The summed E-state index contributed by atoms with van der Waals surface area (Å²) in [4.78, 5) is 16.6. The smallest absolute Gasteiger partial charge is 0.226 e. The average molecular weight is 337 g/mol. The summed E-state index contributed by atoms with van der Waals surface area (Å²) in [6, 6.07) is 23.5. The molecule has 3 rings (SSSR count). The molecule has 3 nitrogen and oxygen atoms in total. The minimum Gasteiger partial charge on any atom is -0.309 e. The van der Waals surface area contributed by atoms with Crippen LogP contribution in [0.5, 0.6) is 0 Å². The summed E-state index contributed by atoms with van der Waals surface area (Å²) in [5, 5.41) is 3.23. The van der Waals surface area contributed by atoms with Gasteiger partial charge in [0.2, 0.25) is 5.91 Å². The highest BCUT2D eigenvalue weighted by atomic mass is 35.5. The van der Waals surface area contributed by atoms with Crippen LogP contribution in [0.2, 0.25) is 5.02 Å². The highest BCUT2D eigenvalue weighted by Crippen LogP contribution is 2.28. The molecule has 1 aromatic heterocycles. The Balaban J connectivity index is 1.82. The van der Waals surface area contributed by atoms with E-state index in [1.165, 1.54) is 0 Å². The number of pyridine rings is 1. The summed E-state index contributed by atoms with van der Waals surface area (Å²) >= 11 is 6.06. The summed E-state index contributed by atoms with van der Waals surface area (Å²) in [6.45, 7) is 0. The van der Waals surface area contributed by atoms with Crippen LogP contribution in [-0.2, 0) is 4.79 Å². The third-order valence-corrected chi connectivity index (χ3v) is 4.11. The van der Waals surface area contributed by atoms with E-state index in [1.807, 2.05) is 60.7 Å².